The van der Waals surface area contributed by atoms with Crippen LogP contribution in [0.25, 0.3) is 0 Å². The molecule has 0 amide bonds. The molecule has 0 saturated heterocycles. The molecule has 20 heavy (non-hydrogen) atoms. The van der Waals surface area contributed by atoms with E-state index in [4.69, 9.17) is 0 Å². The maximum absolute atomic E-state index is 11.0. The number of rotatable bonds is 5. The lowest BCUT2D eigenvalue weighted by Gasteiger charge is -2.05. The van der Waals surface area contributed by atoms with Crippen molar-refractivity contribution in [2.75, 3.05) is 0 Å². The maximum atomic E-state index is 11.0. The van der Waals surface area contributed by atoms with Gasteiger partial charge in [0, 0.05) is 28.3 Å². The van der Waals surface area contributed by atoms with Crippen LogP contribution in [0.4, 0.5) is 5.69 Å². The van der Waals surface area contributed by atoms with Crippen LogP contribution < -0.4 is 0 Å². The van der Waals surface area contributed by atoms with Crippen molar-refractivity contribution in [1.82, 2.24) is 0 Å². The minimum Gasteiger partial charge on any atom is -0.298 e. The van der Waals surface area contributed by atoms with E-state index in [0.717, 1.165) is 16.2 Å². The molecule has 0 aliphatic heterocycles. The zero-order chi connectivity index (χ0) is 14.5. The van der Waals surface area contributed by atoms with Crippen LogP contribution in [-0.2, 0) is 5.75 Å². The number of nitrogens with zero attached hydrogens (tertiary/aromatic N) is 1. The third-order valence-corrected chi connectivity index (χ3v) is 3.97. The number of carbonyl (C=O) groups is 1. The fourth-order valence-electron chi connectivity index (χ4n) is 1.84. The Labute approximate surface area is 121 Å². The quantitative estimate of drug-likeness (QED) is 0.361. The molecule has 0 atom stereocenters. The molecule has 102 valence electrons. The van der Waals surface area contributed by atoms with Crippen LogP contribution in [0.3, 0.4) is 0 Å². The molecule has 0 heterocycles. The molecule has 0 spiro atoms. The molecule has 2 aromatic carbocycles. The van der Waals surface area contributed by atoms with E-state index in [2.05, 4.69) is 6.07 Å². The van der Waals surface area contributed by atoms with Crippen LogP contribution in [0.2, 0.25) is 0 Å². The highest BCUT2D eigenvalue weighted by molar-refractivity contribution is 7.98. The number of aldehydes is 1. The largest absolute Gasteiger partial charge is 0.298 e. The Morgan fingerprint density at radius 2 is 2.05 bits per heavy atom. The Hall–Kier alpha value is -2.14. The van der Waals surface area contributed by atoms with E-state index in [0.29, 0.717) is 11.8 Å². The first-order chi connectivity index (χ1) is 9.60. The third-order valence-electron chi connectivity index (χ3n) is 2.81. The Morgan fingerprint density at radius 1 is 1.25 bits per heavy atom. The smallest absolute Gasteiger partial charge is 0.270 e. The van der Waals surface area contributed by atoms with Gasteiger partial charge in [-0.2, -0.15) is 0 Å². The highest BCUT2D eigenvalue weighted by atomic mass is 32.2. The maximum Gasteiger partial charge on any atom is 0.270 e. The molecule has 2 aromatic rings. The van der Waals surface area contributed by atoms with Crippen LogP contribution in [-0.4, -0.2) is 11.2 Å². The second-order valence-electron chi connectivity index (χ2n) is 4.37. The number of benzene rings is 2. The van der Waals surface area contributed by atoms with E-state index < -0.39 is 4.92 Å². The number of thioether (sulfide) groups is 1. The first-order valence-electron chi connectivity index (χ1n) is 6.02. The number of carbonyl (C=O) groups excluding carboxylic acids is 1. The van der Waals surface area contributed by atoms with Crippen LogP contribution in [0.5, 0.6) is 0 Å². The molecule has 0 unspecified atom stereocenters. The minimum absolute atomic E-state index is 0.0630. The highest BCUT2D eigenvalue weighted by Crippen LogP contribution is 2.28. The van der Waals surface area contributed by atoms with E-state index in [1.807, 2.05) is 25.1 Å². The zero-order valence-electron chi connectivity index (χ0n) is 10.9. The van der Waals surface area contributed by atoms with Crippen LogP contribution in [0.15, 0.2) is 47.4 Å². The molecular weight excluding hydrogens is 274 g/mol. The standard InChI is InChI=1S/C15H13NO3S/c1-11-3-2-4-12(7-11)10-20-15-6-5-14(16(18)19)8-13(15)9-17/h2-9H,10H2,1H3. The van der Waals surface area contributed by atoms with Crippen molar-refractivity contribution in [3.05, 3.63) is 69.3 Å². The molecule has 0 bridgehead atoms. The normalized spacial score (nSPS) is 10.2. The molecule has 2 rings (SSSR count). The van der Waals surface area contributed by atoms with Crippen molar-refractivity contribution in [2.45, 2.75) is 17.6 Å². The van der Waals surface area contributed by atoms with Gasteiger partial charge in [-0.25, -0.2) is 0 Å². The van der Waals surface area contributed by atoms with E-state index in [1.54, 1.807) is 6.07 Å². The Morgan fingerprint density at radius 3 is 2.70 bits per heavy atom. The van der Waals surface area contributed by atoms with Crippen molar-refractivity contribution in [1.29, 1.82) is 0 Å². The van der Waals surface area contributed by atoms with Gasteiger partial charge in [0.15, 0.2) is 6.29 Å². The van der Waals surface area contributed by atoms with Crippen molar-refractivity contribution in [2.24, 2.45) is 0 Å². The molecule has 0 aliphatic rings. The summed E-state index contributed by atoms with van der Waals surface area (Å²) in [5.74, 6) is 0.723. The molecule has 0 fully saturated rings. The summed E-state index contributed by atoms with van der Waals surface area (Å²) in [4.78, 5) is 22.0. The van der Waals surface area contributed by atoms with Crippen LogP contribution >= 0.6 is 11.8 Å². The Bertz CT molecular complexity index is 655. The molecule has 0 saturated carbocycles. The minimum atomic E-state index is -0.498. The summed E-state index contributed by atoms with van der Waals surface area (Å²) in [5, 5.41) is 10.7. The first-order valence-corrected chi connectivity index (χ1v) is 7.00. The van der Waals surface area contributed by atoms with Crippen molar-refractivity contribution >= 4 is 23.7 Å². The molecule has 4 nitrogen and oxygen atoms in total. The van der Waals surface area contributed by atoms with Gasteiger partial charge < -0.3 is 0 Å². The van der Waals surface area contributed by atoms with Crippen molar-refractivity contribution in [3.8, 4) is 0 Å². The topological polar surface area (TPSA) is 60.2 Å². The summed E-state index contributed by atoms with van der Waals surface area (Å²) in [6.45, 7) is 2.02. The van der Waals surface area contributed by atoms with Gasteiger partial charge in [0.1, 0.15) is 0 Å². The Balaban J connectivity index is 2.17. The monoisotopic (exact) mass is 287 g/mol. The number of non-ortho nitro benzene ring substituents is 1. The summed E-state index contributed by atoms with van der Waals surface area (Å²) >= 11 is 1.50. The van der Waals surface area contributed by atoms with E-state index in [9.17, 15) is 14.9 Å². The van der Waals surface area contributed by atoms with Gasteiger partial charge >= 0.3 is 0 Å². The molecule has 5 heteroatoms. The predicted octanol–water partition coefficient (Wildman–Crippen LogP) is 4.01. The van der Waals surface area contributed by atoms with E-state index in [1.165, 1.54) is 29.5 Å². The van der Waals surface area contributed by atoms with Crippen LogP contribution in [0, 0.1) is 17.0 Å². The second kappa shape index (κ2) is 6.34. The zero-order valence-corrected chi connectivity index (χ0v) is 11.7. The molecule has 0 aromatic heterocycles. The number of nitro benzene ring substituents is 1. The van der Waals surface area contributed by atoms with Crippen LogP contribution in [0.1, 0.15) is 21.5 Å². The number of aryl methyl sites for hydroxylation is 1. The fraction of sp³-hybridized carbons (Fsp3) is 0.133. The summed E-state index contributed by atoms with van der Waals surface area (Å²) in [5.41, 5.74) is 2.64. The third kappa shape index (κ3) is 3.45. The summed E-state index contributed by atoms with van der Waals surface area (Å²) in [6, 6.07) is 12.5. The van der Waals surface area contributed by atoms with Crippen molar-refractivity contribution in [3.63, 3.8) is 0 Å². The van der Waals surface area contributed by atoms with Gasteiger partial charge in [0.05, 0.1) is 4.92 Å². The molecular formula is C15H13NO3S. The van der Waals surface area contributed by atoms with Crippen molar-refractivity contribution < 1.29 is 9.72 Å². The first kappa shape index (κ1) is 14.3. The van der Waals surface area contributed by atoms with Gasteiger partial charge in [0.2, 0.25) is 0 Å². The van der Waals surface area contributed by atoms with Gasteiger partial charge in [-0.1, -0.05) is 29.8 Å². The lowest BCUT2D eigenvalue weighted by molar-refractivity contribution is -0.384. The van der Waals surface area contributed by atoms with Gasteiger partial charge in [-0.05, 0) is 18.6 Å². The summed E-state index contributed by atoms with van der Waals surface area (Å²) in [7, 11) is 0. The van der Waals surface area contributed by atoms with E-state index >= 15 is 0 Å². The number of hydrogen-bond donors (Lipinski definition) is 0. The Kier molecular flexibility index (Phi) is 4.53. The molecule has 0 radical (unpaired) electrons. The SMILES string of the molecule is Cc1cccc(CSc2ccc([N+](=O)[O-])cc2C=O)c1. The average Bonchev–Trinajstić information content (AvgIpc) is 2.45. The lowest BCUT2D eigenvalue weighted by atomic mass is 10.2. The average molecular weight is 287 g/mol. The van der Waals surface area contributed by atoms with Gasteiger partial charge in [-0.3, -0.25) is 14.9 Å². The number of hydrogen-bond acceptors (Lipinski definition) is 4. The second-order valence-corrected chi connectivity index (χ2v) is 5.39. The predicted molar refractivity (Wildman–Crippen MR) is 79.2 cm³/mol. The summed E-state index contributed by atoms with van der Waals surface area (Å²) < 4.78 is 0. The molecule has 0 N–H and O–H groups in total. The summed E-state index contributed by atoms with van der Waals surface area (Å²) in [6.07, 6.45) is 0.658. The highest BCUT2D eigenvalue weighted by Gasteiger charge is 2.10. The fourth-order valence-corrected chi connectivity index (χ4v) is 2.78. The van der Waals surface area contributed by atoms with Gasteiger partial charge in [-0.15, -0.1) is 11.8 Å². The molecule has 0 aliphatic carbocycles. The van der Waals surface area contributed by atoms with E-state index in [-0.39, 0.29) is 5.69 Å². The lowest BCUT2D eigenvalue weighted by Crippen LogP contribution is -1.92. The van der Waals surface area contributed by atoms with Gasteiger partial charge in [0.25, 0.3) is 5.69 Å². The number of nitro groups is 1.